The highest BCUT2D eigenvalue weighted by Crippen LogP contribution is 2.24. The third kappa shape index (κ3) is 2.20. The Bertz CT molecular complexity index is 567. The van der Waals surface area contributed by atoms with Gasteiger partial charge < -0.3 is 5.11 Å². The lowest BCUT2D eigenvalue weighted by Gasteiger charge is -2.21. The summed E-state index contributed by atoms with van der Waals surface area (Å²) < 4.78 is 2.93. The van der Waals surface area contributed by atoms with Crippen molar-refractivity contribution in [2.45, 2.75) is 31.9 Å². The van der Waals surface area contributed by atoms with Gasteiger partial charge in [-0.15, -0.1) is 10.2 Å². The van der Waals surface area contributed by atoms with Gasteiger partial charge in [-0.2, -0.15) is 0 Å². The number of aliphatic hydroxyl groups excluding tert-OH is 1. The van der Waals surface area contributed by atoms with E-state index >= 15 is 0 Å². The van der Waals surface area contributed by atoms with Gasteiger partial charge in [0.15, 0.2) is 0 Å². The molecule has 3 rings (SSSR count). The van der Waals surface area contributed by atoms with E-state index in [9.17, 15) is 5.11 Å². The maximum Gasteiger partial charge on any atom is 0.139 e. The zero-order valence-electron chi connectivity index (χ0n) is 9.88. The third-order valence-electron chi connectivity index (χ3n) is 3.25. The minimum atomic E-state index is -0.467. The highest BCUT2D eigenvalue weighted by molar-refractivity contribution is 9.10. The average molecular weight is 308 g/mol. The van der Waals surface area contributed by atoms with Crippen molar-refractivity contribution < 1.29 is 5.11 Å². The Morgan fingerprint density at radius 3 is 3.11 bits per heavy atom. The molecular weight excluding hydrogens is 294 g/mol. The molecule has 1 aliphatic rings. The second-order valence-electron chi connectivity index (χ2n) is 4.58. The molecule has 94 valence electrons. The zero-order chi connectivity index (χ0) is 12.5. The fraction of sp³-hybridized carbons (Fsp3) is 0.385. The maximum absolute atomic E-state index is 10.0. The fourth-order valence-electron chi connectivity index (χ4n) is 2.40. The van der Waals surface area contributed by atoms with Crippen molar-refractivity contribution in [1.29, 1.82) is 0 Å². The van der Waals surface area contributed by atoms with Crippen LogP contribution in [-0.2, 0) is 12.8 Å². The molecule has 0 bridgehead atoms. The monoisotopic (exact) mass is 307 g/mol. The van der Waals surface area contributed by atoms with Crippen LogP contribution in [0.15, 0.2) is 28.7 Å². The molecule has 1 aromatic carbocycles. The molecule has 1 N–H and O–H groups in total. The van der Waals surface area contributed by atoms with Gasteiger partial charge in [-0.25, -0.2) is 0 Å². The molecule has 0 saturated carbocycles. The van der Waals surface area contributed by atoms with E-state index in [0.29, 0.717) is 6.42 Å². The van der Waals surface area contributed by atoms with Crippen LogP contribution in [0, 0.1) is 0 Å². The molecule has 0 aliphatic carbocycles. The molecule has 0 fully saturated rings. The van der Waals surface area contributed by atoms with Gasteiger partial charge >= 0.3 is 0 Å². The first-order valence-electron chi connectivity index (χ1n) is 6.09. The largest absolute Gasteiger partial charge is 0.373 e. The van der Waals surface area contributed by atoms with E-state index in [4.69, 9.17) is 0 Å². The lowest BCUT2D eigenvalue weighted by atomic mass is 10.1. The van der Waals surface area contributed by atoms with E-state index in [1.54, 1.807) is 0 Å². The molecule has 0 saturated heterocycles. The van der Waals surface area contributed by atoms with Crippen molar-refractivity contribution >= 4 is 15.9 Å². The number of halogens is 1. The molecule has 0 amide bonds. The van der Waals surface area contributed by atoms with Gasteiger partial charge in [0, 0.05) is 17.3 Å². The van der Waals surface area contributed by atoms with Crippen LogP contribution in [0.2, 0.25) is 0 Å². The van der Waals surface area contributed by atoms with Crippen molar-refractivity contribution in [3.8, 4) is 0 Å². The predicted molar refractivity (Wildman–Crippen MR) is 71.2 cm³/mol. The second-order valence-corrected chi connectivity index (χ2v) is 5.50. The summed E-state index contributed by atoms with van der Waals surface area (Å²) in [6.07, 6.45) is 2.91. The molecule has 1 unspecified atom stereocenters. The SMILES string of the molecule is OC1CCCc2nnc(Cc3cccc(Br)c3)n21. The summed E-state index contributed by atoms with van der Waals surface area (Å²) in [6, 6.07) is 8.12. The van der Waals surface area contributed by atoms with Gasteiger partial charge in [0.2, 0.25) is 0 Å². The number of hydrogen-bond acceptors (Lipinski definition) is 3. The molecule has 2 heterocycles. The molecule has 1 aliphatic heterocycles. The van der Waals surface area contributed by atoms with Crippen LogP contribution in [0.1, 0.15) is 36.3 Å². The Balaban J connectivity index is 1.92. The van der Waals surface area contributed by atoms with Crippen molar-refractivity contribution in [2.24, 2.45) is 0 Å². The topological polar surface area (TPSA) is 50.9 Å². The van der Waals surface area contributed by atoms with Crippen LogP contribution in [0.5, 0.6) is 0 Å². The molecule has 1 atom stereocenters. The number of hydrogen-bond donors (Lipinski definition) is 1. The van der Waals surface area contributed by atoms with E-state index in [1.807, 2.05) is 16.7 Å². The van der Waals surface area contributed by atoms with E-state index < -0.39 is 6.23 Å². The molecular formula is C13H14BrN3O. The zero-order valence-corrected chi connectivity index (χ0v) is 11.5. The third-order valence-corrected chi connectivity index (χ3v) is 3.74. The molecule has 2 aromatic rings. The predicted octanol–water partition coefficient (Wildman–Crippen LogP) is 2.46. The smallest absolute Gasteiger partial charge is 0.139 e. The lowest BCUT2D eigenvalue weighted by Crippen LogP contribution is -2.19. The summed E-state index contributed by atoms with van der Waals surface area (Å²) in [5.74, 6) is 1.74. The van der Waals surface area contributed by atoms with Gasteiger partial charge in [-0.05, 0) is 30.5 Å². The highest BCUT2D eigenvalue weighted by atomic mass is 79.9. The van der Waals surface area contributed by atoms with Gasteiger partial charge in [0.1, 0.15) is 17.9 Å². The normalized spacial score (nSPS) is 18.7. The van der Waals surface area contributed by atoms with Gasteiger partial charge in [0.05, 0.1) is 0 Å². The van der Waals surface area contributed by atoms with E-state index in [2.05, 4.69) is 38.3 Å². The van der Waals surface area contributed by atoms with E-state index in [1.165, 1.54) is 0 Å². The molecule has 5 heteroatoms. The Kier molecular flexibility index (Phi) is 3.18. The van der Waals surface area contributed by atoms with Crippen LogP contribution >= 0.6 is 15.9 Å². The molecule has 0 radical (unpaired) electrons. The van der Waals surface area contributed by atoms with E-state index in [-0.39, 0.29) is 0 Å². The van der Waals surface area contributed by atoms with Crippen LogP contribution in [0.4, 0.5) is 0 Å². The number of aliphatic hydroxyl groups is 1. The van der Waals surface area contributed by atoms with Crippen LogP contribution in [-0.4, -0.2) is 19.9 Å². The minimum Gasteiger partial charge on any atom is -0.373 e. The molecule has 1 aromatic heterocycles. The fourth-order valence-corrected chi connectivity index (χ4v) is 2.84. The van der Waals surface area contributed by atoms with Gasteiger partial charge in [-0.3, -0.25) is 4.57 Å². The summed E-state index contributed by atoms with van der Waals surface area (Å²) in [6.45, 7) is 0. The van der Waals surface area contributed by atoms with Crippen LogP contribution < -0.4 is 0 Å². The van der Waals surface area contributed by atoms with Gasteiger partial charge in [-0.1, -0.05) is 28.1 Å². The van der Waals surface area contributed by atoms with Crippen molar-refractivity contribution in [3.63, 3.8) is 0 Å². The number of fused-ring (bicyclic) bond motifs is 1. The van der Waals surface area contributed by atoms with E-state index in [0.717, 1.165) is 40.9 Å². The average Bonchev–Trinajstić information content (AvgIpc) is 2.74. The number of nitrogens with zero attached hydrogens (tertiary/aromatic N) is 3. The Morgan fingerprint density at radius 2 is 2.28 bits per heavy atom. The summed E-state index contributed by atoms with van der Waals surface area (Å²) >= 11 is 3.46. The summed E-state index contributed by atoms with van der Waals surface area (Å²) in [4.78, 5) is 0. The molecule has 4 nitrogen and oxygen atoms in total. The maximum atomic E-state index is 10.0. The van der Waals surface area contributed by atoms with Crippen molar-refractivity contribution in [2.75, 3.05) is 0 Å². The van der Waals surface area contributed by atoms with Gasteiger partial charge in [0.25, 0.3) is 0 Å². The number of aromatic nitrogens is 3. The Morgan fingerprint density at radius 1 is 1.39 bits per heavy atom. The molecule has 0 spiro atoms. The van der Waals surface area contributed by atoms with Crippen molar-refractivity contribution in [3.05, 3.63) is 46.0 Å². The minimum absolute atomic E-state index is 0.467. The highest BCUT2D eigenvalue weighted by Gasteiger charge is 2.22. The van der Waals surface area contributed by atoms with Crippen LogP contribution in [0.25, 0.3) is 0 Å². The Hall–Kier alpha value is -1.20. The van der Waals surface area contributed by atoms with Crippen molar-refractivity contribution in [1.82, 2.24) is 14.8 Å². The lowest BCUT2D eigenvalue weighted by molar-refractivity contribution is 0.0753. The quantitative estimate of drug-likeness (QED) is 0.927. The second kappa shape index (κ2) is 4.82. The number of aryl methyl sites for hydroxylation is 1. The summed E-state index contributed by atoms with van der Waals surface area (Å²) in [5.41, 5.74) is 1.16. The number of benzene rings is 1. The summed E-state index contributed by atoms with van der Waals surface area (Å²) in [7, 11) is 0. The first-order chi connectivity index (χ1) is 8.74. The number of rotatable bonds is 2. The van der Waals surface area contributed by atoms with Crippen LogP contribution in [0.3, 0.4) is 0 Å². The first-order valence-corrected chi connectivity index (χ1v) is 6.88. The first kappa shape index (κ1) is 11.9. The molecule has 18 heavy (non-hydrogen) atoms. The summed E-state index contributed by atoms with van der Waals surface area (Å²) in [5, 5.41) is 18.4. The standard InChI is InChI=1S/C13H14BrN3O/c14-10-4-1-3-9(7-10)8-12-16-15-11-5-2-6-13(18)17(11)12/h1,3-4,7,13,18H,2,5-6,8H2. The Labute approximate surface area is 114 Å².